The van der Waals surface area contributed by atoms with Crippen molar-refractivity contribution >= 4 is 23.5 Å². The lowest BCUT2D eigenvalue weighted by Gasteiger charge is -2.14. The van der Waals surface area contributed by atoms with Crippen LogP contribution in [0.15, 0.2) is 0 Å². The third kappa shape index (κ3) is 4.65. The molecule has 0 aromatic rings. The van der Waals surface area contributed by atoms with Gasteiger partial charge in [-0.3, -0.25) is 9.59 Å². The number of carboxylic acids is 1. The molecule has 0 aliphatic carbocycles. The molecule has 0 heterocycles. The Bertz CT molecular complexity index is 204. The van der Waals surface area contributed by atoms with E-state index in [4.69, 9.17) is 5.11 Å². The van der Waals surface area contributed by atoms with Crippen molar-refractivity contribution in [2.24, 2.45) is 11.8 Å². The summed E-state index contributed by atoms with van der Waals surface area (Å²) in [4.78, 5) is 22.1. The standard InChI is InChI=1S/C10H18O3S/c1-4-14-6-5-9(11)7(2)8(3)10(12)13/h7-8H,4-6H2,1-3H3,(H,12,13). The molecule has 4 heteroatoms. The first-order valence-corrected chi connectivity index (χ1v) is 5.99. The molecule has 0 spiro atoms. The van der Waals surface area contributed by atoms with Gasteiger partial charge in [0.2, 0.25) is 0 Å². The van der Waals surface area contributed by atoms with Crippen LogP contribution in [-0.4, -0.2) is 28.4 Å². The number of ketones is 1. The van der Waals surface area contributed by atoms with E-state index in [9.17, 15) is 9.59 Å². The predicted molar refractivity (Wildman–Crippen MR) is 58.6 cm³/mol. The van der Waals surface area contributed by atoms with Gasteiger partial charge in [-0.1, -0.05) is 20.8 Å². The minimum Gasteiger partial charge on any atom is -0.481 e. The topological polar surface area (TPSA) is 54.4 Å². The zero-order chi connectivity index (χ0) is 11.1. The summed E-state index contributed by atoms with van der Waals surface area (Å²) in [6, 6.07) is 0. The fourth-order valence-corrected chi connectivity index (χ4v) is 1.67. The fourth-order valence-electron chi connectivity index (χ4n) is 1.04. The van der Waals surface area contributed by atoms with Crippen LogP contribution in [0.3, 0.4) is 0 Å². The largest absolute Gasteiger partial charge is 0.481 e. The molecule has 3 nitrogen and oxygen atoms in total. The van der Waals surface area contributed by atoms with Crippen molar-refractivity contribution in [3.8, 4) is 0 Å². The van der Waals surface area contributed by atoms with Crippen molar-refractivity contribution in [3.05, 3.63) is 0 Å². The van der Waals surface area contributed by atoms with Gasteiger partial charge in [0.25, 0.3) is 0 Å². The van der Waals surface area contributed by atoms with Crippen molar-refractivity contribution in [2.75, 3.05) is 11.5 Å². The maximum absolute atomic E-state index is 11.5. The third-order valence-electron chi connectivity index (χ3n) is 2.34. The molecule has 82 valence electrons. The molecule has 0 bridgehead atoms. The summed E-state index contributed by atoms with van der Waals surface area (Å²) in [6.45, 7) is 5.31. The molecule has 0 radical (unpaired) electrons. The molecule has 0 aliphatic heterocycles. The minimum absolute atomic E-state index is 0.0563. The summed E-state index contributed by atoms with van der Waals surface area (Å²) in [5, 5.41) is 8.72. The lowest BCUT2D eigenvalue weighted by molar-refractivity contribution is -0.145. The van der Waals surface area contributed by atoms with Crippen LogP contribution in [0.2, 0.25) is 0 Å². The normalized spacial score (nSPS) is 14.8. The minimum atomic E-state index is -0.894. The van der Waals surface area contributed by atoms with Crippen molar-refractivity contribution in [1.29, 1.82) is 0 Å². The summed E-state index contributed by atoms with van der Waals surface area (Å²) in [6.07, 6.45) is 0.483. The number of carbonyl (C=O) groups is 2. The fraction of sp³-hybridized carbons (Fsp3) is 0.800. The van der Waals surface area contributed by atoms with Gasteiger partial charge in [0, 0.05) is 18.1 Å². The first kappa shape index (κ1) is 13.5. The van der Waals surface area contributed by atoms with Gasteiger partial charge >= 0.3 is 5.97 Å². The Labute approximate surface area is 89.3 Å². The van der Waals surface area contributed by atoms with Gasteiger partial charge in [-0.05, 0) is 5.75 Å². The van der Waals surface area contributed by atoms with E-state index in [0.29, 0.717) is 6.42 Å². The molecule has 0 rings (SSSR count). The zero-order valence-corrected chi connectivity index (χ0v) is 9.76. The zero-order valence-electron chi connectivity index (χ0n) is 8.95. The Hall–Kier alpha value is -0.510. The molecule has 0 saturated carbocycles. The molecule has 0 aromatic heterocycles. The second-order valence-electron chi connectivity index (χ2n) is 3.33. The molecule has 14 heavy (non-hydrogen) atoms. The summed E-state index contributed by atoms with van der Waals surface area (Å²) < 4.78 is 0. The number of rotatable bonds is 7. The van der Waals surface area contributed by atoms with Crippen LogP contribution in [-0.2, 0) is 9.59 Å². The lowest BCUT2D eigenvalue weighted by Crippen LogP contribution is -2.25. The molecule has 2 atom stereocenters. The van der Waals surface area contributed by atoms with Gasteiger partial charge in [0.15, 0.2) is 0 Å². The van der Waals surface area contributed by atoms with Crippen molar-refractivity contribution in [1.82, 2.24) is 0 Å². The number of thioether (sulfide) groups is 1. The van der Waals surface area contributed by atoms with Gasteiger partial charge < -0.3 is 5.11 Å². The SMILES string of the molecule is CCSCCC(=O)C(C)C(C)C(=O)O. The van der Waals surface area contributed by atoms with Crippen LogP contribution in [0.1, 0.15) is 27.2 Å². The first-order chi connectivity index (χ1) is 6.50. The van der Waals surface area contributed by atoms with Gasteiger partial charge in [-0.25, -0.2) is 0 Å². The Morgan fingerprint density at radius 2 is 1.86 bits per heavy atom. The number of carbonyl (C=O) groups excluding carboxylic acids is 1. The van der Waals surface area contributed by atoms with Crippen LogP contribution in [0.4, 0.5) is 0 Å². The molecule has 0 aromatic carbocycles. The smallest absolute Gasteiger partial charge is 0.306 e. The van der Waals surface area contributed by atoms with Crippen LogP contribution in [0, 0.1) is 11.8 Å². The number of carboxylic acid groups (broad SMARTS) is 1. The second-order valence-corrected chi connectivity index (χ2v) is 4.72. The lowest BCUT2D eigenvalue weighted by atomic mass is 9.91. The van der Waals surface area contributed by atoms with Gasteiger partial charge in [0.1, 0.15) is 5.78 Å². The average molecular weight is 218 g/mol. The highest BCUT2D eigenvalue weighted by atomic mass is 32.2. The molecule has 0 amide bonds. The molecular formula is C10H18O3S. The van der Waals surface area contributed by atoms with Crippen molar-refractivity contribution < 1.29 is 14.7 Å². The van der Waals surface area contributed by atoms with Crippen molar-refractivity contribution in [3.63, 3.8) is 0 Å². The number of hydrogen-bond donors (Lipinski definition) is 1. The van der Waals surface area contributed by atoms with E-state index in [-0.39, 0.29) is 11.7 Å². The maximum Gasteiger partial charge on any atom is 0.306 e. The van der Waals surface area contributed by atoms with E-state index >= 15 is 0 Å². The number of hydrogen-bond acceptors (Lipinski definition) is 3. The van der Waals surface area contributed by atoms with Crippen LogP contribution in [0.5, 0.6) is 0 Å². The Morgan fingerprint density at radius 1 is 1.29 bits per heavy atom. The first-order valence-electron chi connectivity index (χ1n) is 4.84. The Morgan fingerprint density at radius 3 is 2.29 bits per heavy atom. The van der Waals surface area contributed by atoms with E-state index in [2.05, 4.69) is 0 Å². The highest BCUT2D eigenvalue weighted by Gasteiger charge is 2.24. The third-order valence-corrected chi connectivity index (χ3v) is 3.25. The quantitative estimate of drug-likeness (QED) is 0.664. The van der Waals surface area contributed by atoms with E-state index in [1.165, 1.54) is 0 Å². The number of Topliss-reactive ketones (excluding diaryl/α,β-unsaturated/α-hetero) is 1. The van der Waals surface area contributed by atoms with Crippen LogP contribution < -0.4 is 0 Å². The summed E-state index contributed by atoms with van der Waals surface area (Å²) >= 11 is 1.71. The highest BCUT2D eigenvalue weighted by molar-refractivity contribution is 7.99. The van der Waals surface area contributed by atoms with Gasteiger partial charge in [-0.15, -0.1) is 0 Å². The summed E-state index contributed by atoms with van der Waals surface area (Å²) in [5.74, 6) is 0.0104. The Kier molecular flexibility index (Phi) is 6.62. The summed E-state index contributed by atoms with van der Waals surface area (Å²) in [7, 11) is 0. The van der Waals surface area contributed by atoms with E-state index in [0.717, 1.165) is 11.5 Å². The molecule has 0 fully saturated rings. The maximum atomic E-state index is 11.5. The molecular weight excluding hydrogens is 200 g/mol. The molecule has 0 aliphatic rings. The van der Waals surface area contributed by atoms with E-state index in [1.807, 2.05) is 6.92 Å². The monoisotopic (exact) mass is 218 g/mol. The predicted octanol–water partition coefficient (Wildman–Crippen LogP) is 2.06. The molecule has 1 N–H and O–H groups in total. The number of aliphatic carboxylic acids is 1. The second kappa shape index (κ2) is 6.87. The molecule has 2 unspecified atom stereocenters. The van der Waals surface area contributed by atoms with Crippen LogP contribution >= 0.6 is 11.8 Å². The van der Waals surface area contributed by atoms with Crippen LogP contribution in [0.25, 0.3) is 0 Å². The summed E-state index contributed by atoms with van der Waals surface area (Å²) in [5.41, 5.74) is 0. The van der Waals surface area contributed by atoms with E-state index < -0.39 is 11.9 Å². The van der Waals surface area contributed by atoms with Crippen molar-refractivity contribution in [2.45, 2.75) is 27.2 Å². The Balaban J connectivity index is 3.92. The van der Waals surface area contributed by atoms with E-state index in [1.54, 1.807) is 25.6 Å². The molecule has 0 saturated heterocycles. The van der Waals surface area contributed by atoms with Gasteiger partial charge in [-0.2, -0.15) is 11.8 Å². The average Bonchev–Trinajstić information content (AvgIpc) is 2.15. The van der Waals surface area contributed by atoms with Gasteiger partial charge in [0.05, 0.1) is 5.92 Å². The highest BCUT2D eigenvalue weighted by Crippen LogP contribution is 2.15.